The second kappa shape index (κ2) is 38.5. The van der Waals surface area contributed by atoms with E-state index in [2.05, 4.69) is 125 Å². The molecule has 0 radical (unpaired) electrons. The Morgan fingerprint density at radius 1 is 0.351 bits per heavy atom. The third kappa shape index (κ3) is 24.2. The average Bonchev–Trinajstić information content (AvgIpc) is 3.46. The van der Waals surface area contributed by atoms with Crippen LogP contribution < -0.4 is 18.1 Å². The summed E-state index contributed by atoms with van der Waals surface area (Å²) in [7, 11) is -3.30. The molecule has 8 heteroatoms. The van der Waals surface area contributed by atoms with Gasteiger partial charge in [-0.1, -0.05) is 281 Å². The highest BCUT2D eigenvalue weighted by molar-refractivity contribution is 7.42. The molecule has 0 amide bonds. The van der Waals surface area contributed by atoms with Gasteiger partial charge in [0.05, 0.1) is 13.2 Å². The van der Waals surface area contributed by atoms with Gasteiger partial charge in [0.15, 0.2) is 0 Å². The molecular weight excluding hydrogens is 987 g/mol. The monoisotopic (exact) mass is 1090 g/mol. The Labute approximate surface area is 473 Å². The predicted octanol–water partition coefficient (Wildman–Crippen LogP) is 23.7. The van der Waals surface area contributed by atoms with Gasteiger partial charge in [-0.15, -0.1) is 0 Å². The molecule has 6 rings (SSSR count). The highest BCUT2D eigenvalue weighted by Crippen LogP contribution is 2.48. The van der Waals surface area contributed by atoms with E-state index in [1.165, 1.54) is 241 Å². The fourth-order valence-electron chi connectivity index (χ4n) is 11.7. The van der Waals surface area contributed by atoms with Crippen molar-refractivity contribution < 1.29 is 27.1 Å². The summed E-state index contributed by atoms with van der Waals surface area (Å²) in [6, 6.07) is 34.3. The van der Waals surface area contributed by atoms with Crippen LogP contribution in [-0.4, -0.2) is 13.2 Å². The van der Waals surface area contributed by atoms with Crippen LogP contribution in [0.5, 0.6) is 23.0 Å². The zero-order valence-electron chi connectivity index (χ0n) is 49.1. The molecule has 2 aliphatic rings. The number of hydrogen-bond donors (Lipinski definition) is 0. The van der Waals surface area contributed by atoms with Crippen LogP contribution in [0, 0.1) is 0 Å². The minimum absolute atomic E-state index is 0.271. The van der Waals surface area contributed by atoms with E-state index >= 15 is 0 Å². The van der Waals surface area contributed by atoms with Gasteiger partial charge < -0.3 is 18.1 Å². The molecule has 2 saturated carbocycles. The van der Waals surface area contributed by atoms with Gasteiger partial charge in [-0.25, -0.2) is 0 Å². The Morgan fingerprint density at radius 2 is 0.649 bits per heavy atom. The smallest absolute Gasteiger partial charge is 0.418 e. The van der Waals surface area contributed by atoms with Gasteiger partial charge in [-0.3, -0.25) is 9.05 Å². The van der Waals surface area contributed by atoms with E-state index in [0.29, 0.717) is 25.0 Å². The lowest BCUT2D eigenvalue weighted by Gasteiger charge is -2.27. The molecule has 0 aliphatic heterocycles. The Balaban J connectivity index is 1.02. The van der Waals surface area contributed by atoms with Crippen LogP contribution in [0.1, 0.15) is 293 Å². The zero-order chi connectivity index (χ0) is 53.9. The van der Waals surface area contributed by atoms with E-state index in [9.17, 15) is 0 Å². The van der Waals surface area contributed by atoms with E-state index < -0.39 is 17.2 Å². The minimum Gasteiger partial charge on any atom is -0.418 e. The predicted molar refractivity (Wildman–Crippen MR) is 329 cm³/mol. The highest BCUT2D eigenvalue weighted by Gasteiger charge is 2.28. The van der Waals surface area contributed by atoms with Crippen molar-refractivity contribution in [1.29, 1.82) is 0 Å². The standard InChI is InChI=1S/C69H106O6P2/c1-5-7-9-11-13-15-17-19-21-23-25-27-39-57-70-76(74-67-47-37-35-45-65(67)59-41-31-29-32-42-59)72-63-53-49-61(50-54-63)69(3,4)62-51-55-64(56-52-62)73-77(75-68-48-38-36-46-66(68)60-43-33-30-34-44-60)71-58-40-28-26-24-22-20-18-16-14-12-10-8-6-2/h35-38,45-56,59-60H,5-34,39-44,57-58H2,1-4H3. The molecule has 4 aromatic rings. The van der Waals surface area contributed by atoms with E-state index in [4.69, 9.17) is 27.1 Å². The molecule has 2 unspecified atom stereocenters. The number of benzene rings is 4. The molecule has 0 spiro atoms. The van der Waals surface area contributed by atoms with Gasteiger partial charge in [-0.2, -0.15) is 0 Å². The molecule has 2 atom stereocenters. The third-order valence-corrected chi connectivity index (χ3v) is 18.9. The van der Waals surface area contributed by atoms with Gasteiger partial charge in [0.1, 0.15) is 23.0 Å². The summed E-state index contributed by atoms with van der Waals surface area (Å²) >= 11 is 0. The number of rotatable bonds is 42. The van der Waals surface area contributed by atoms with Crippen molar-refractivity contribution in [2.75, 3.05) is 13.2 Å². The first-order chi connectivity index (χ1) is 37.9. The maximum Gasteiger partial charge on any atom is 0.463 e. The van der Waals surface area contributed by atoms with Crippen molar-refractivity contribution in [1.82, 2.24) is 0 Å². The van der Waals surface area contributed by atoms with Crippen molar-refractivity contribution in [3.8, 4) is 23.0 Å². The largest absolute Gasteiger partial charge is 0.463 e. The van der Waals surface area contributed by atoms with Crippen molar-refractivity contribution in [2.45, 2.75) is 276 Å². The van der Waals surface area contributed by atoms with E-state index in [1.54, 1.807) is 0 Å². The van der Waals surface area contributed by atoms with Crippen molar-refractivity contribution >= 4 is 17.2 Å². The van der Waals surface area contributed by atoms with Crippen molar-refractivity contribution in [3.05, 3.63) is 119 Å². The fraction of sp³-hybridized carbons (Fsp3) is 0.652. The van der Waals surface area contributed by atoms with Crippen LogP contribution in [-0.2, 0) is 14.5 Å². The van der Waals surface area contributed by atoms with E-state index in [-0.39, 0.29) is 5.41 Å². The summed E-state index contributed by atoms with van der Waals surface area (Å²) in [5.41, 5.74) is 4.72. The first-order valence-electron chi connectivity index (χ1n) is 31.9. The van der Waals surface area contributed by atoms with Crippen LogP contribution in [0.15, 0.2) is 97.1 Å². The van der Waals surface area contributed by atoms with Crippen LogP contribution in [0.4, 0.5) is 0 Å². The van der Waals surface area contributed by atoms with E-state index in [1.807, 2.05) is 0 Å². The summed E-state index contributed by atoms with van der Waals surface area (Å²) in [5.74, 6) is 4.39. The Kier molecular flexibility index (Phi) is 31.5. The molecular formula is C69H106O6P2. The van der Waals surface area contributed by atoms with Crippen molar-refractivity contribution in [3.63, 3.8) is 0 Å². The summed E-state index contributed by atoms with van der Waals surface area (Å²) in [5, 5.41) is 0. The van der Waals surface area contributed by atoms with Gasteiger partial charge >= 0.3 is 17.2 Å². The van der Waals surface area contributed by atoms with E-state index in [0.717, 1.165) is 35.8 Å². The molecule has 2 aliphatic carbocycles. The molecule has 4 aromatic carbocycles. The first-order valence-corrected chi connectivity index (χ1v) is 34.1. The molecule has 428 valence electrons. The van der Waals surface area contributed by atoms with Crippen molar-refractivity contribution in [2.24, 2.45) is 0 Å². The molecule has 0 N–H and O–H groups in total. The second-order valence-electron chi connectivity index (χ2n) is 23.4. The zero-order valence-corrected chi connectivity index (χ0v) is 50.9. The highest BCUT2D eigenvalue weighted by atomic mass is 31.2. The topological polar surface area (TPSA) is 55.4 Å². The third-order valence-electron chi connectivity index (χ3n) is 16.7. The van der Waals surface area contributed by atoms with Gasteiger partial charge in [0.25, 0.3) is 0 Å². The summed E-state index contributed by atoms with van der Waals surface area (Å²) < 4.78 is 39.8. The molecule has 0 saturated heterocycles. The van der Waals surface area contributed by atoms with Crippen LogP contribution >= 0.6 is 17.2 Å². The number of hydrogen-bond acceptors (Lipinski definition) is 6. The van der Waals surface area contributed by atoms with Crippen LogP contribution in [0.3, 0.4) is 0 Å². The second-order valence-corrected chi connectivity index (χ2v) is 25.5. The van der Waals surface area contributed by atoms with Crippen LogP contribution in [0.25, 0.3) is 0 Å². The van der Waals surface area contributed by atoms with Crippen LogP contribution in [0.2, 0.25) is 0 Å². The maximum absolute atomic E-state index is 6.75. The normalized spacial score (nSPS) is 15.3. The Morgan fingerprint density at radius 3 is 0.974 bits per heavy atom. The van der Waals surface area contributed by atoms with Gasteiger partial charge in [-0.05, 0) is 109 Å². The fourth-order valence-corrected chi connectivity index (χ4v) is 13.7. The quantitative estimate of drug-likeness (QED) is 0.0326. The molecule has 0 heterocycles. The lowest BCUT2D eigenvalue weighted by Crippen LogP contribution is -2.18. The Bertz CT molecular complexity index is 1930. The molecule has 2 fully saturated rings. The summed E-state index contributed by atoms with van der Waals surface area (Å²) in [4.78, 5) is 0. The molecule has 0 aromatic heterocycles. The molecule has 0 bridgehead atoms. The lowest BCUT2D eigenvalue weighted by molar-refractivity contribution is 0.256. The summed E-state index contributed by atoms with van der Waals surface area (Å²) in [6.45, 7) is 10.4. The maximum atomic E-state index is 6.75. The minimum atomic E-state index is -1.65. The first kappa shape index (κ1) is 63.0. The van der Waals surface area contributed by atoms with Gasteiger partial charge in [0, 0.05) is 5.41 Å². The Hall–Kier alpha value is -3.14. The lowest BCUT2D eigenvalue weighted by atomic mass is 9.78. The number of unbranched alkanes of at least 4 members (excludes halogenated alkanes) is 24. The van der Waals surface area contributed by atoms with Gasteiger partial charge in [0.2, 0.25) is 0 Å². The average molecular weight is 1090 g/mol. The summed E-state index contributed by atoms with van der Waals surface area (Å²) in [6.07, 6.45) is 47.1. The molecule has 6 nitrogen and oxygen atoms in total. The number of para-hydroxylation sites is 2. The SMILES string of the molecule is CCCCCCCCCCCCCCCOP(Oc1ccc(C(C)(C)c2ccc(OP(OCCCCCCCCCCCCCCC)Oc3ccccc3C3CCCCC3)cc2)cc1)Oc1ccccc1C1CCCCC1. The molecule has 77 heavy (non-hydrogen) atoms.